The number of amides is 1. The molecule has 0 spiro atoms. The molecule has 0 radical (unpaired) electrons. The highest BCUT2D eigenvalue weighted by molar-refractivity contribution is 5.77. The molecule has 0 saturated carbocycles. The molecule has 1 N–H and O–H groups in total. The van der Waals surface area contributed by atoms with Crippen LogP contribution in [0, 0.1) is 17.0 Å². The third-order valence-electron chi connectivity index (χ3n) is 4.56. The van der Waals surface area contributed by atoms with E-state index in [4.69, 9.17) is 0 Å². The highest BCUT2D eigenvalue weighted by Gasteiger charge is 2.22. The minimum atomic E-state index is -0.415. The van der Waals surface area contributed by atoms with Crippen molar-refractivity contribution >= 4 is 23.2 Å². The summed E-state index contributed by atoms with van der Waals surface area (Å²) in [5.74, 6) is 0.713. The van der Waals surface area contributed by atoms with E-state index < -0.39 is 4.92 Å². The third-order valence-corrected chi connectivity index (χ3v) is 4.56. The maximum Gasteiger partial charge on any atom is 0.292 e. The highest BCUT2D eigenvalue weighted by atomic mass is 16.6. The number of benzene rings is 1. The lowest BCUT2D eigenvalue weighted by molar-refractivity contribution is -0.384. The summed E-state index contributed by atoms with van der Waals surface area (Å²) in [4.78, 5) is 35.5. The van der Waals surface area contributed by atoms with Crippen LogP contribution in [0.5, 0.6) is 0 Å². The maximum absolute atomic E-state index is 12.4. The maximum atomic E-state index is 12.4. The van der Waals surface area contributed by atoms with Crippen molar-refractivity contribution in [2.45, 2.75) is 13.3 Å². The van der Waals surface area contributed by atoms with Gasteiger partial charge in [0.2, 0.25) is 11.9 Å². The van der Waals surface area contributed by atoms with Gasteiger partial charge in [0.25, 0.3) is 5.69 Å². The van der Waals surface area contributed by atoms with Crippen molar-refractivity contribution in [3.05, 3.63) is 52.3 Å². The molecule has 9 nitrogen and oxygen atoms in total. The number of nitrogens with zero attached hydrogens (tertiary/aromatic N) is 5. The lowest BCUT2D eigenvalue weighted by atomic mass is 10.1. The molecule has 1 fully saturated rings. The second-order valence-electron chi connectivity index (χ2n) is 6.32. The first-order valence-corrected chi connectivity index (χ1v) is 8.84. The Kier molecular flexibility index (Phi) is 5.80. The van der Waals surface area contributed by atoms with E-state index in [0.29, 0.717) is 44.4 Å². The molecule has 1 aromatic carbocycles. The molecule has 1 saturated heterocycles. The van der Waals surface area contributed by atoms with Gasteiger partial charge in [-0.05, 0) is 18.6 Å². The van der Waals surface area contributed by atoms with Gasteiger partial charge < -0.3 is 15.1 Å². The Hall–Kier alpha value is -3.23. The smallest absolute Gasteiger partial charge is 0.292 e. The quantitative estimate of drug-likeness (QED) is 0.611. The number of rotatable bonds is 6. The molecule has 1 aromatic heterocycles. The van der Waals surface area contributed by atoms with Crippen LogP contribution in [-0.2, 0) is 4.79 Å². The molecule has 0 atom stereocenters. The fourth-order valence-electron chi connectivity index (χ4n) is 3.10. The lowest BCUT2D eigenvalue weighted by Crippen LogP contribution is -2.49. The van der Waals surface area contributed by atoms with Crippen LogP contribution in [-0.4, -0.2) is 58.4 Å². The molecular weight excluding hydrogens is 348 g/mol. The lowest BCUT2D eigenvalue weighted by Gasteiger charge is -2.34. The van der Waals surface area contributed by atoms with Crippen molar-refractivity contribution in [3.8, 4) is 0 Å². The van der Waals surface area contributed by atoms with Gasteiger partial charge in [0, 0.05) is 57.6 Å². The highest BCUT2D eigenvalue weighted by Crippen LogP contribution is 2.27. The number of aryl methyl sites for hydroxylation is 1. The Labute approximate surface area is 157 Å². The normalized spacial score (nSPS) is 14.1. The average Bonchev–Trinajstić information content (AvgIpc) is 2.69. The number of carbonyl (C=O) groups is 1. The van der Waals surface area contributed by atoms with E-state index in [1.54, 1.807) is 24.5 Å². The predicted molar refractivity (Wildman–Crippen MR) is 102 cm³/mol. The first-order valence-electron chi connectivity index (χ1n) is 8.84. The molecule has 9 heteroatoms. The largest absolute Gasteiger partial charge is 0.379 e. The number of nitro benzene ring substituents is 1. The SMILES string of the molecule is Cc1cccc([N+](=O)[O-])c1NCCC(=O)N1CCN(c2ncccn2)CC1. The summed E-state index contributed by atoms with van der Waals surface area (Å²) in [5, 5.41) is 14.2. The number of aromatic nitrogens is 2. The minimum absolute atomic E-state index is 0.0268. The molecule has 2 aromatic rings. The van der Waals surface area contributed by atoms with Crippen LogP contribution in [0.3, 0.4) is 0 Å². The van der Waals surface area contributed by atoms with Gasteiger partial charge in [-0.2, -0.15) is 0 Å². The van der Waals surface area contributed by atoms with Crippen LogP contribution in [0.2, 0.25) is 0 Å². The molecule has 0 aliphatic carbocycles. The van der Waals surface area contributed by atoms with E-state index in [1.807, 2.05) is 17.9 Å². The molecule has 1 amide bonds. The summed E-state index contributed by atoms with van der Waals surface area (Å²) in [6, 6.07) is 6.69. The van der Waals surface area contributed by atoms with Crippen molar-refractivity contribution in [2.24, 2.45) is 0 Å². The summed E-state index contributed by atoms with van der Waals surface area (Å²) in [5.41, 5.74) is 1.29. The van der Waals surface area contributed by atoms with Crippen molar-refractivity contribution in [1.82, 2.24) is 14.9 Å². The number of hydrogen-bond donors (Lipinski definition) is 1. The predicted octanol–water partition coefficient (Wildman–Crippen LogP) is 1.84. The molecular formula is C18H22N6O3. The average molecular weight is 370 g/mol. The first-order chi connectivity index (χ1) is 13.1. The molecule has 2 heterocycles. The van der Waals surface area contributed by atoms with E-state index in [1.165, 1.54) is 6.07 Å². The van der Waals surface area contributed by atoms with Crippen LogP contribution in [0.15, 0.2) is 36.7 Å². The Balaban J connectivity index is 1.49. The van der Waals surface area contributed by atoms with Crippen molar-refractivity contribution < 1.29 is 9.72 Å². The number of para-hydroxylation sites is 1. The Morgan fingerprint density at radius 3 is 2.56 bits per heavy atom. The van der Waals surface area contributed by atoms with Crippen LogP contribution in [0.25, 0.3) is 0 Å². The Morgan fingerprint density at radius 1 is 1.19 bits per heavy atom. The summed E-state index contributed by atoms with van der Waals surface area (Å²) < 4.78 is 0. The van der Waals surface area contributed by atoms with Gasteiger partial charge in [0.15, 0.2) is 0 Å². The van der Waals surface area contributed by atoms with Crippen LogP contribution in [0.4, 0.5) is 17.3 Å². The molecule has 1 aliphatic heterocycles. The topological polar surface area (TPSA) is 104 Å². The van der Waals surface area contributed by atoms with E-state index in [2.05, 4.69) is 20.2 Å². The van der Waals surface area contributed by atoms with E-state index >= 15 is 0 Å². The number of piperazine rings is 1. The summed E-state index contributed by atoms with van der Waals surface area (Å²) in [6.07, 6.45) is 3.69. The summed E-state index contributed by atoms with van der Waals surface area (Å²) in [6.45, 7) is 4.76. The zero-order valence-corrected chi connectivity index (χ0v) is 15.2. The van der Waals surface area contributed by atoms with Crippen LogP contribution in [0.1, 0.15) is 12.0 Å². The summed E-state index contributed by atoms with van der Waals surface area (Å²) in [7, 11) is 0. The van der Waals surface area contributed by atoms with Crippen molar-refractivity contribution in [2.75, 3.05) is 42.9 Å². The van der Waals surface area contributed by atoms with Gasteiger partial charge in [0.05, 0.1) is 4.92 Å². The van der Waals surface area contributed by atoms with E-state index in [-0.39, 0.29) is 18.0 Å². The number of nitro groups is 1. The second-order valence-corrected chi connectivity index (χ2v) is 6.32. The number of hydrogen-bond acceptors (Lipinski definition) is 7. The monoisotopic (exact) mass is 370 g/mol. The van der Waals surface area contributed by atoms with E-state index in [0.717, 1.165) is 5.56 Å². The molecule has 1 aliphatic rings. The van der Waals surface area contributed by atoms with Crippen LogP contribution >= 0.6 is 0 Å². The van der Waals surface area contributed by atoms with Gasteiger partial charge in [-0.3, -0.25) is 14.9 Å². The number of anilines is 2. The third kappa shape index (κ3) is 4.49. The van der Waals surface area contributed by atoms with Gasteiger partial charge in [0.1, 0.15) is 5.69 Å². The fraction of sp³-hybridized carbons (Fsp3) is 0.389. The molecule has 0 unspecified atom stereocenters. The Bertz CT molecular complexity index is 806. The van der Waals surface area contributed by atoms with Gasteiger partial charge in [-0.1, -0.05) is 12.1 Å². The van der Waals surface area contributed by atoms with E-state index in [9.17, 15) is 14.9 Å². The second kappa shape index (κ2) is 8.43. The van der Waals surface area contributed by atoms with Crippen molar-refractivity contribution in [3.63, 3.8) is 0 Å². The number of nitrogens with one attached hydrogen (secondary N) is 1. The van der Waals surface area contributed by atoms with Crippen molar-refractivity contribution in [1.29, 1.82) is 0 Å². The van der Waals surface area contributed by atoms with Gasteiger partial charge in [-0.25, -0.2) is 9.97 Å². The molecule has 3 rings (SSSR count). The fourth-order valence-corrected chi connectivity index (χ4v) is 3.10. The zero-order valence-electron chi connectivity index (χ0n) is 15.2. The first kappa shape index (κ1) is 18.6. The standard InChI is InChI=1S/C18H22N6O3/c1-14-4-2-5-15(24(26)27)17(14)19-9-6-16(25)22-10-12-23(13-11-22)18-20-7-3-8-21-18/h2-5,7-8,19H,6,9-13H2,1H3. The van der Waals surface area contributed by atoms with Gasteiger partial charge in [-0.15, -0.1) is 0 Å². The zero-order chi connectivity index (χ0) is 19.2. The Morgan fingerprint density at radius 2 is 1.89 bits per heavy atom. The number of carbonyl (C=O) groups excluding carboxylic acids is 1. The van der Waals surface area contributed by atoms with Gasteiger partial charge >= 0.3 is 0 Å². The van der Waals surface area contributed by atoms with Crippen LogP contribution < -0.4 is 10.2 Å². The minimum Gasteiger partial charge on any atom is -0.379 e. The molecule has 0 bridgehead atoms. The molecule has 27 heavy (non-hydrogen) atoms. The summed E-state index contributed by atoms with van der Waals surface area (Å²) >= 11 is 0. The molecule has 142 valence electrons.